The number of nitrogens with zero attached hydrogens (tertiary/aromatic N) is 1. The van der Waals surface area contributed by atoms with Crippen molar-refractivity contribution in [2.24, 2.45) is 0 Å². The lowest BCUT2D eigenvalue weighted by Crippen LogP contribution is -2.56. The molecule has 8 heteroatoms. The number of amides is 2. The van der Waals surface area contributed by atoms with Crippen molar-refractivity contribution in [1.82, 2.24) is 10.4 Å². The van der Waals surface area contributed by atoms with E-state index in [0.717, 1.165) is 17.4 Å². The maximum Gasteiger partial charge on any atom is 0.272 e. The number of hydrogen-bond acceptors (Lipinski definition) is 5. The largest absolute Gasteiger partial charge is 0.496 e. The van der Waals surface area contributed by atoms with Crippen LogP contribution in [0.2, 0.25) is 0 Å². The average Bonchev–Trinajstić information content (AvgIpc) is 2.62. The number of ether oxygens (including phenoxy) is 1. The van der Waals surface area contributed by atoms with E-state index in [1.807, 2.05) is 19.9 Å². The molecule has 2 amide bonds. The summed E-state index contributed by atoms with van der Waals surface area (Å²) in [7, 11) is -2.02. The molecule has 7 nitrogen and oxygen atoms in total. The van der Waals surface area contributed by atoms with Crippen LogP contribution in [0.15, 0.2) is 36.4 Å². The van der Waals surface area contributed by atoms with E-state index in [1.54, 1.807) is 45.0 Å². The fraction of sp³-hybridized carbons (Fsp3) is 0.391. The third kappa shape index (κ3) is 6.30. The van der Waals surface area contributed by atoms with Gasteiger partial charge < -0.3 is 4.74 Å². The summed E-state index contributed by atoms with van der Waals surface area (Å²) in [4.78, 5) is 26.5. The van der Waals surface area contributed by atoms with Gasteiger partial charge in [0.1, 0.15) is 5.75 Å². The van der Waals surface area contributed by atoms with E-state index in [9.17, 15) is 18.0 Å². The van der Waals surface area contributed by atoms with Crippen molar-refractivity contribution in [2.75, 3.05) is 13.4 Å². The van der Waals surface area contributed by atoms with Gasteiger partial charge >= 0.3 is 0 Å². The van der Waals surface area contributed by atoms with Crippen LogP contribution in [-0.4, -0.2) is 44.1 Å². The lowest BCUT2D eigenvalue weighted by molar-refractivity contribution is 0.0358. The maximum absolute atomic E-state index is 13.3. The highest BCUT2D eigenvalue weighted by Gasteiger charge is 2.31. The van der Waals surface area contributed by atoms with Gasteiger partial charge in [0, 0.05) is 22.9 Å². The Balaban J connectivity index is 2.48. The van der Waals surface area contributed by atoms with Crippen LogP contribution in [0, 0.1) is 13.8 Å². The molecule has 0 spiro atoms. The lowest BCUT2D eigenvalue weighted by Gasteiger charge is -2.36. The summed E-state index contributed by atoms with van der Waals surface area (Å²) in [5, 5.41) is 1.27. The van der Waals surface area contributed by atoms with Crippen LogP contribution in [0.25, 0.3) is 0 Å². The fourth-order valence-electron chi connectivity index (χ4n) is 3.29. The second kappa shape index (κ2) is 9.09. The molecule has 1 N–H and O–H groups in total. The molecule has 2 aromatic rings. The standard InChI is InChI=1S/C23H30N2O5S/c1-15-11-16(2)13-17(12-15)22(27)25(23(3,4)5)24-21(26)18-9-8-10-20(30-6)19(18)14-31(7,28)29/h8-13H,14H2,1-7H3,(H,24,26). The number of carbonyl (C=O) groups is 2. The molecule has 0 atom stereocenters. The van der Waals surface area contributed by atoms with Gasteiger partial charge in [-0.1, -0.05) is 23.3 Å². The molecule has 0 aromatic heterocycles. The first-order valence-electron chi connectivity index (χ1n) is 9.80. The first-order valence-corrected chi connectivity index (χ1v) is 11.9. The highest BCUT2D eigenvalue weighted by atomic mass is 32.2. The zero-order valence-electron chi connectivity index (χ0n) is 19.1. The van der Waals surface area contributed by atoms with Gasteiger partial charge in [-0.25, -0.2) is 13.4 Å². The van der Waals surface area contributed by atoms with E-state index < -0.39 is 21.3 Å². The highest BCUT2D eigenvalue weighted by Crippen LogP contribution is 2.25. The number of benzene rings is 2. The fourth-order valence-corrected chi connectivity index (χ4v) is 4.11. The van der Waals surface area contributed by atoms with E-state index in [2.05, 4.69) is 5.43 Å². The molecule has 0 saturated heterocycles. The van der Waals surface area contributed by atoms with Gasteiger partial charge in [-0.2, -0.15) is 0 Å². The zero-order valence-corrected chi connectivity index (χ0v) is 19.9. The van der Waals surface area contributed by atoms with Gasteiger partial charge in [0.2, 0.25) is 0 Å². The molecule has 0 aliphatic heterocycles. The van der Waals surface area contributed by atoms with E-state index in [4.69, 9.17) is 4.74 Å². The van der Waals surface area contributed by atoms with E-state index in [0.29, 0.717) is 11.3 Å². The first-order chi connectivity index (χ1) is 14.2. The van der Waals surface area contributed by atoms with Crippen LogP contribution in [0.5, 0.6) is 5.75 Å². The Morgan fingerprint density at radius 3 is 2.13 bits per heavy atom. The Bertz CT molecular complexity index is 1080. The minimum atomic E-state index is -3.43. The molecule has 168 valence electrons. The van der Waals surface area contributed by atoms with Gasteiger partial charge in [-0.05, 0) is 58.9 Å². The predicted molar refractivity (Wildman–Crippen MR) is 121 cm³/mol. The van der Waals surface area contributed by atoms with Crippen molar-refractivity contribution in [3.63, 3.8) is 0 Å². The molecule has 0 unspecified atom stereocenters. The molecule has 2 aromatic carbocycles. The number of sulfone groups is 1. The quantitative estimate of drug-likeness (QED) is 0.710. The van der Waals surface area contributed by atoms with Crippen molar-refractivity contribution < 1.29 is 22.7 Å². The van der Waals surface area contributed by atoms with Gasteiger partial charge in [-0.3, -0.25) is 15.0 Å². The number of carbonyl (C=O) groups excluding carboxylic acids is 2. The van der Waals surface area contributed by atoms with Crippen molar-refractivity contribution in [3.8, 4) is 5.75 Å². The SMILES string of the molecule is COc1cccc(C(=O)NN(C(=O)c2cc(C)cc(C)c2)C(C)(C)C)c1CS(C)(=O)=O. The van der Waals surface area contributed by atoms with Crippen molar-refractivity contribution >= 4 is 21.7 Å². The van der Waals surface area contributed by atoms with Crippen molar-refractivity contribution in [1.29, 1.82) is 0 Å². The molecular formula is C23H30N2O5S. The highest BCUT2D eigenvalue weighted by molar-refractivity contribution is 7.89. The first kappa shape index (κ1) is 24.4. The Morgan fingerprint density at radius 1 is 1.06 bits per heavy atom. The minimum absolute atomic E-state index is 0.132. The summed E-state index contributed by atoms with van der Waals surface area (Å²) in [6.45, 7) is 9.21. The Morgan fingerprint density at radius 2 is 1.65 bits per heavy atom. The minimum Gasteiger partial charge on any atom is -0.496 e. The molecule has 0 saturated carbocycles. The van der Waals surface area contributed by atoms with Crippen molar-refractivity contribution in [2.45, 2.75) is 45.9 Å². The molecule has 31 heavy (non-hydrogen) atoms. The third-order valence-corrected chi connectivity index (χ3v) is 5.37. The van der Waals surface area contributed by atoms with E-state index in [1.165, 1.54) is 18.2 Å². The van der Waals surface area contributed by atoms with Crippen molar-refractivity contribution in [3.05, 3.63) is 64.2 Å². The number of rotatable bonds is 5. The second-order valence-electron chi connectivity index (χ2n) is 8.69. The molecule has 0 bridgehead atoms. The zero-order chi connectivity index (χ0) is 23.6. The lowest BCUT2D eigenvalue weighted by atomic mass is 10.0. The van der Waals surface area contributed by atoms with Gasteiger partial charge in [0.25, 0.3) is 11.8 Å². The number of aryl methyl sites for hydroxylation is 2. The molecular weight excluding hydrogens is 416 g/mol. The molecule has 2 rings (SSSR count). The summed E-state index contributed by atoms with van der Waals surface area (Å²) in [6.07, 6.45) is 1.09. The normalized spacial score (nSPS) is 11.7. The van der Waals surface area contributed by atoms with Crippen LogP contribution in [0.4, 0.5) is 0 Å². The van der Waals surface area contributed by atoms with Crippen LogP contribution >= 0.6 is 0 Å². The van der Waals surface area contributed by atoms with Gasteiger partial charge in [0.15, 0.2) is 9.84 Å². The summed E-state index contributed by atoms with van der Waals surface area (Å²) in [5.74, 6) is -1.02. The maximum atomic E-state index is 13.3. The Hall–Kier alpha value is -2.87. The summed E-state index contributed by atoms with van der Waals surface area (Å²) < 4.78 is 29.1. The number of methoxy groups -OCH3 is 1. The monoisotopic (exact) mass is 446 g/mol. The number of hydrogen-bond donors (Lipinski definition) is 1. The number of nitrogens with one attached hydrogen (secondary N) is 1. The van der Waals surface area contributed by atoms with Crippen LogP contribution < -0.4 is 10.2 Å². The van der Waals surface area contributed by atoms with E-state index in [-0.39, 0.29) is 22.8 Å². The molecule has 0 aliphatic rings. The number of hydrazine groups is 1. The Kier molecular flexibility index (Phi) is 7.16. The van der Waals surface area contributed by atoms with Crippen LogP contribution in [0.3, 0.4) is 0 Å². The molecule has 0 aliphatic carbocycles. The van der Waals surface area contributed by atoms with Crippen LogP contribution in [0.1, 0.15) is 58.2 Å². The second-order valence-corrected chi connectivity index (χ2v) is 10.8. The van der Waals surface area contributed by atoms with Crippen LogP contribution in [-0.2, 0) is 15.6 Å². The summed E-state index contributed by atoms with van der Waals surface area (Å²) in [5.41, 5.74) is 4.65. The third-order valence-electron chi connectivity index (χ3n) is 4.56. The van der Waals surface area contributed by atoms with E-state index >= 15 is 0 Å². The smallest absolute Gasteiger partial charge is 0.272 e. The predicted octanol–water partition coefficient (Wildman–Crippen LogP) is 3.44. The topological polar surface area (TPSA) is 92.8 Å². The molecule has 0 fully saturated rings. The average molecular weight is 447 g/mol. The van der Waals surface area contributed by atoms with Gasteiger partial charge in [0.05, 0.1) is 18.4 Å². The summed E-state index contributed by atoms with van der Waals surface area (Å²) >= 11 is 0. The Labute approximate surface area is 184 Å². The summed E-state index contributed by atoms with van der Waals surface area (Å²) in [6, 6.07) is 10.2. The molecule has 0 heterocycles. The molecule has 0 radical (unpaired) electrons. The van der Waals surface area contributed by atoms with Gasteiger partial charge in [-0.15, -0.1) is 0 Å².